The van der Waals surface area contributed by atoms with E-state index in [1.807, 2.05) is 5.38 Å². The number of rotatable bonds is 3. The number of nitrogens with one attached hydrogen (secondary N) is 1. The van der Waals surface area contributed by atoms with Gasteiger partial charge in [-0.25, -0.2) is 14.8 Å². The van der Waals surface area contributed by atoms with Crippen molar-refractivity contribution in [2.24, 2.45) is 5.84 Å². The van der Waals surface area contributed by atoms with Gasteiger partial charge in [-0.15, -0.1) is 11.3 Å². The number of nitrogens with zero attached hydrogens (tertiary/aromatic N) is 1. The molecule has 0 fully saturated rings. The molecule has 0 saturated carbocycles. The van der Waals surface area contributed by atoms with E-state index in [1.165, 1.54) is 11.3 Å². The third-order valence-electron chi connectivity index (χ3n) is 2.21. The van der Waals surface area contributed by atoms with Gasteiger partial charge in [-0.3, -0.25) is 5.84 Å². The summed E-state index contributed by atoms with van der Waals surface area (Å²) < 4.78 is 14.3. The Morgan fingerprint density at radius 3 is 2.94 bits per heavy atom. The molecule has 1 aromatic carbocycles. The Hall–Kier alpha value is -0.820. The Kier molecular flexibility index (Phi) is 3.65. The molecule has 84 valence electrons. The van der Waals surface area contributed by atoms with Crippen LogP contribution < -0.4 is 11.3 Å². The van der Waals surface area contributed by atoms with Crippen molar-refractivity contribution in [3.63, 3.8) is 0 Å². The second-order valence-electron chi connectivity index (χ2n) is 3.16. The van der Waals surface area contributed by atoms with E-state index in [0.717, 1.165) is 0 Å². The molecule has 3 N–H and O–H groups in total. The summed E-state index contributed by atoms with van der Waals surface area (Å²) in [5, 5.41) is 1.84. The van der Waals surface area contributed by atoms with Crippen LogP contribution in [0.4, 0.5) is 4.39 Å². The zero-order chi connectivity index (χ0) is 11.5. The minimum absolute atomic E-state index is 0.321. The molecule has 3 nitrogen and oxygen atoms in total. The molecule has 2 aromatic rings. The van der Waals surface area contributed by atoms with E-state index in [4.69, 9.17) is 5.84 Å². The van der Waals surface area contributed by atoms with Crippen LogP contribution in [-0.4, -0.2) is 4.98 Å². The highest BCUT2D eigenvalue weighted by atomic mass is 79.9. The minimum Gasteiger partial charge on any atom is -0.271 e. The van der Waals surface area contributed by atoms with Crippen LogP contribution in [0.1, 0.15) is 17.3 Å². The molecule has 0 aliphatic carbocycles. The van der Waals surface area contributed by atoms with Gasteiger partial charge >= 0.3 is 0 Å². The molecule has 1 aromatic heterocycles. The molecular weight excluding hydrogens is 293 g/mol. The monoisotopic (exact) mass is 301 g/mol. The molecule has 6 heteroatoms. The molecule has 1 unspecified atom stereocenters. The zero-order valence-electron chi connectivity index (χ0n) is 8.15. The van der Waals surface area contributed by atoms with Crippen LogP contribution in [0.15, 0.2) is 33.6 Å². The summed E-state index contributed by atoms with van der Waals surface area (Å²) in [6.45, 7) is 0. The molecule has 2 rings (SSSR count). The Balaban J connectivity index is 2.45. The molecule has 0 bridgehead atoms. The largest absolute Gasteiger partial charge is 0.271 e. The van der Waals surface area contributed by atoms with Gasteiger partial charge in [-0.1, -0.05) is 12.1 Å². The van der Waals surface area contributed by atoms with E-state index < -0.39 is 6.04 Å². The fraction of sp³-hybridized carbons (Fsp3) is 0.100. The summed E-state index contributed by atoms with van der Waals surface area (Å²) in [6.07, 6.45) is 0. The number of halogens is 2. The number of nitrogens with two attached hydrogens (primary N) is 1. The van der Waals surface area contributed by atoms with Gasteiger partial charge in [0.1, 0.15) is 5.82 Å². The molecule has 1 heterocycles. The number of thiazole rings is 1. The van der Waals surface area contributed by atoms with Crippen molar-refractivity contribution < 1.29 is 4.39 Å². The minimum atomic E-state index is -0.427. The number of hydrogen-bond acceptors (Lipinski definition) is 4. The zero-order valence-corrected chi connectivity index (χ0v) is 10.6. The molecule has 0 radical (unpaired) electrons. The van der Waals surface area contributed by atoms with Crippen LogP contribution in [-0.2, 0) is 0 Å². The first-order valence-electron chi connectivity index (χ1n) is 4.52. The maximum atomic E-state index is 13.9. The SMILES string of the molecule is NNC(c1cscn1)c1cccc(Br)c1F. The Morgan fingerprint density at radius 2 is 2.31 bits per heavy atom. The summed E-state index contributed by atoms with van der Waals surface area (Å²) >= 11 is 4.59. The van der Waals surface area contributed by atoms with Gasteiger partial charge in [-0.2, -0.15) is 0 Å². The Labute approximate surface area is 105 Å². The van der Waals surface area contributed by atoms with Crippen molar-refractivity contribution in [1.29, 1.82) is 0 Å². The highest BCUT2D eigenvalue weighted by Gasteiger charge is 2.19. The highest BCUT2D eigenvalue weighted by Crippen LogP contribution is 2.27. The first-order valence-corrected chi connectivity index (χ1v) is 6.25. The van der Waals surface area contributed by atoms with Crippen LogP contribution >= 0.6 is 27.3 Å². The lowest BCUT2D eigenvalue weighted by Gasteiger charge is -2.15. The summed E-state index contributed by atoms with van der Waals surface area (Å²) in [5.41, 5.74) is 5.45. The van der Waals surface area contributed by atoms with Crippen LogP contribution in [0.5, 0.6) is 0 Å². The predicted octanol–water partition coefficient (Wildman–Crippen LogP) is 2.60. The van der Waals surface area contributed by atoms with Crippen molar-refractivity contribution >= 4 is 27.3 Å². The topological polar surface area (TPSA) is 50.9 Å². The molecule has 1 atom stereocenters. The fourth-order valence-corrected chi connectivity index (χ4v) is 2.40. The quantitative estimate of drug-likeness (QED) is 0.677. The van der Waals surface area contributed by atoms with E-state index in [-0.39, 0.29) is 5.82 Å². The van der Waals surface area contributed by atoms with Crippen molar-refractivity contribution in [2.75, 3.05) is 0 Å². The molecule has 0 aliphatic rings. The summed E-state index contributed by atoms with van der Waals surface area (Å²) in [6, 6.07) is 4.67. The lowest BCUT2D eigenvalue weighted by atomic mass is 10.0. The molecular formula is C10H9BrFN3S. The van der Waals surface area contributed by atoms with Gasteiger partial charge < -0.3 is 0 Å². The van der Waals surface area contributed by atoms with E-state index in [0.29, 0.717) is 15.7 Å². The maximum absolute atomic E-state index is 13.9. The third kappa shape index (κ3) is 2.15. The first kappa shape index (κ1) is 11.7. The van der Waals surface area contributed by atoms with Crippen molar-refractivity contribution in [3.05, 3.63) is 50.6 Å². The van der Waals surface area contributed by atoms with Gasteiger partial charge in [0, 0.05) is 10.9 Å². The number of aromatic nitrogens is 1. The van der Waals surface area contributed by atoms with E-state index >= 15 is 0 Å². The lowest BCUT2D eigenvalue weighted by molar-refractivity contribution is 0.550. The van der Waals surface area contributed by atoms with Crippen molar-refractivity contribution in [2.45, 2.75) is 6.04 Å². The van der Waals surface area contributed by atoms with Gasteiger partial charge in [0.05, 0.1) is 21.7 Å². The standard InChI is InChI=1S/C10H9BrFN3S/c11-7-3-1-2-6(9(7)12)10(15-13)8-4-16-5-14-8/h1-5,10,15H,13H2. The number of benzene rings is 1. The first-order chi connectivity index (χ1) is 7.74. The van der Waals surface area contributed by atoms with E-state index in [9.17, 15) is 4.39 Å². The van der Waals surface area contributed by atoms with E-state index in [2.05, 4.69) is 26.3 Å². The van der Waals surface area contributed by atoms with Crippen LogP contribution in [0.2, 0.25) is 0 Å². The molecule has 0 saturated heterocycles. The lowest BCUT2D eigenvalue weighted by Crippen LogP contribution is -2.29. The molecule has 0 aliphatic heterocycles. The highest BCUT2D eigenvalue weighted by molar-refractivity contribution is 9.10. The van der Waals surface area contributed by atoms with Gasteiger partial charge in [0.15, 0.2) is 0 Å². The fourth-order valence-electron chi connectivity index (χ4n) is 1.44. The van der Waals surface area contributed by atoms with Crippen molar-refractivity contribution in [3.8, 4) is 0 Å². The molecule has 16 heavy (non-hydrogen) atoms. The van der Waals surface area contributed by atoms with Crippen molar-refractivity contribution in [1.82, 2.24) is 10.4 Å². The Morgan fingerprint density at radius 1 is 1.50 bits per heavy atom. The average Bonchev–Trinajstić information content (AvgIpc) is 2.79. The van der Waals surface area contributed by atoms with Gasteiger partial charge in [0.25, 0.3) is 0 Å². The summed E-state index contributed by atoms with van der Waals surface area (Å²) in [7, 11) is 0. The molecule has 0 amide bonds. The second-order valence-corrected chi connectivity index (χ2v) is 4.73. The van der Waals surface area contributed by atoms with Crippen LogP contribution in [0.3, 0.4) is 0 Å². The maximum Gasteiger partial charge on any atom is 0.142 e. The smallest absolute Gasteiger partial charge is 0.142 e. The van der Waals surface area contributed by atoms with Gasteiger partial charge in [0.2, 0.25) is 0 Å². The average molecular weight is 302 g/mol. The number of hydrogen-bond donors (Lipinski definition) is 2. The molecule has 0 spiro atoms. The van der Waals surface area contributed by atoms with Crippen LogP contribution in [0.25, 0.3) is 0 Å². The summed E-state index contributed by atoms with van der Waals surface area (Å²) in [5.74, 6) is 5.13. The summed E-state index contributed by atoms with van der Waals surface area (Å²) in [4.78, 5) is 4.13. The normalized spacial score (nSPS) is 12.7. The Bertz CT molecular complexity index is 475. The van der Waals surface area contributed by atoms with Crippen LogP contribution in [0, 0.1) is 5.82 Å². The number of hydrazine groups is 1. The second kappa shape index (κ2) is 5.01. The third-order valence-corrected chi connectivity index (χ3v) is 3.42. The predicted molar refractivity (Wildman–Crippen MR) is 65.4 cm³/mol. The van der Waals surface area contributed by atoms with E-state index in [1.54, 1.807) is 23.7 Å². The van der Waals surface area contributed by atoms with Gasteiger partial charge in [-0.05, 0) is 22.0 Å².